The highest BCUT2D eigenvalue weighted by molar-refractivity contribution is 5.81. The summed E-state index contributed by atoms with van der Waals surface area (Å²) in [5.74, 6) is 1.56. The van der Waals surface area contributed by atoms with Crippen LogP contribution in [0, 0.1) is 17.1 Å². The van der Waals surface area contributed by atoms with Crippen LogP contribution in [0.4, 0.5) is 10.2 Å². The summed E-state index contributed by atoms with van der Waals surface area (Å²) < 4.78 is 30.3. The number of nitrogens with one attached hydrogen (secondary N) is 1. The van der Waals surface area contributed by atoms with Gasteiger partial charge in [-0.2, -0.15) is 10.4 Å². The number of pyridine rings is 1. The number of rotatable bonds is 1. The predicted octanol–water partition coefficient (Wildman–Crippen LogP) is 3.23. The Morgan fingerprint density at radius 3 is 2.84 bits per heavy atom. The lowest BCUT2D eigenvalue weighted by atomic mass is 9.96. The maximum Gasteiger partial charge on any atom is 0.161 e. The summed E-state index contributed by atoms with van der Waals surface area (Å²) in [5, 5.41) is 17.0. The molecule has 154 valence electrons. The zero-order chi connectivity index (χ0) is 21.1. The van der Waals surface area contributed by atoms with Crippen molar-refractivity contribution in [1.29, 1.82) is 5.26 Å². The minimum atomic E-state index is -0.281. The van der Waals surface area contributed by atoms with Gasteiger partial charge in [0.2, 0.25) is 0 Å². The van der Waals surface area contributed by atoms with Crippen LogP contribution in [0.5, 0.6) is 11.5 Å². The van der Waals surface area contributed by atoms with E-state index in [1.54, 1.807) is 27.5 Å². The highest BCUT2D eigenvalue weighted by Crippen LogP contribution is 2.42. The van der Waals surface area contributed by atoms with E-state index in [0.717, 1.165) is 16.8 Å². The van der Waals surface area contributed by atoms with Crippen LogP contribution in [0.3, 0.4) is 0 Å². The number of anilines is 1. The molecule has 31 heavy (non-hydrogen) atoms. The molecule has 0 aliphatic carbocycles. The van der Waals surface area contributed by atoms with Gasteiger partial charge in [-0.1, -0.05) is 0 Å². The average Bonchev–Trinajstić information content (AvgIpc) is 3.49. The minimum Gasteiger partial charge on any atom is -0.493 e. The van der Waals surface area contributed by atoms with E-state index >= 15 is 0 Å². The average molecular weight is 416 g/mol. The molecule has 8 nitrogen and oxygen atoms in total. The van der Waals surface area contributed by atoms with E-state index in [1.807, 2.05) is 19.2 Å². The highest BCUT2D eigenvalue weighted by atomic mass is 19.1. The van der Waals surface area contributed by atoms with E-state index < -0.39 is 0 Å². The Morgan fingerprint density at radius 1 is 1.23 bits per heavy atom. The van der Waals surface area contributed by atoms with Gasteiger partial charge in [-0.15, -0.1) is 0 Å². The Morgan fingerprint density at radius 2 is 2.06 bits per heavy atom. The van der Waals surface area contributed by atoms with Crippen molar-refractivity contribution in [2.45, 2.75) is 12.5 Å². The molecule has 4 aromatic rings. The zero-order valence-corrected chi connectivity index (χ0v) is 16.6. The van der Waals surface area contributed by atoms with Gasteiger partial charge in [-0.25, -0.2) is 9.37 Å². The lowest BCUT2D eigenvalue weighted by Gasteiger charge is -2.17. The second-order valence-corrected chi connectivity index (χ2v) is 7.65. The maximum absolute atomic E-state index is 14.7. The molecule has 0 unspecified atom stereocenters. The Balaban J connectivity index is 1.57. The van der Waals surface area contributed by atoms with Crippen LogP contribution in [0.1, 0.15) is 22.7 Å². The monoisotopic (exact) mass is 416 g/mol. The first-order chi connectivity index (χ1) is 15.1. The van der Waals surface area contributed by atoms with E-state index in [0.29, 0.717) is 41.7 Å². The van der Waals surface area contributed by atoms with E-state index in [-0.39, 0.29) is 24.0 Å². The Bertz CT molecular complexity index is 1400. The molecule has 0 radical (unpaired) electrons. The normalized spacial score (nSPS) is 16.7. The molecule has 9 heteroatoms. The van der Waals surface area contributed by atoms with Gasteiger partial charge in [0, 0.05) is 42.7 Å². The van der Waals surface area contributed by atoms with E-state index in [9.17, 15) is 9.65 Å². The number of aryl methyl sites for hydroxylation is 1. The number of imidazole rings is 1. The number of nitriles is 1. The van der Waals surface area contributed by atoms with Gasteiger partial charge < -0.3 is 14.8 Å². The molecule has 0 bridgehead atoms. The molecule has 1 aromatic carbocycles. The molecule has 3 aromatic heterocycles. The van der Waals surface area contributed by atoms with Crippen molar-refractivity contribution in [3.05, 3.63) is 59.3 Å². The SMILES string of the molecule is Cn1nccc1-c1cc2c(n3cc(C#N)nc13)NCc1c(F)ccc3c1[C@H](CO3)CO2. The zero-order valence-electron chi connectivity index (χ0n) is 16.6. The molecule has 1 atom stereocenters. The molecule has 0 saturated heterocycles. The molecule has 1 N–H and O–H groups in total. The summed E-state index contributed by atoms with van der Waals surface area (Å²) in [5.41, 5.74) is 3.92. The summed E-state index contributed by atoms with van der Waals surface area (Å²) in [7, 11) is 1.84. The number of hydrogen-bond donors (Lipinski definition) is 1. The van der Waals surface area contributed by atoms with Crippen molar-refractivity contribution >= 4 is 11.5 Å². The number of benzene rings is 1. The highest BCUT2D eigenvalue weighted by Gasteiger charge is 2.31. The van der Waals surface area contributed by atoms with Gasteiger partial charge in [0.1, 0.15) is 23.3 Å². The first-order valence-corrected chi connectivity index (χ1v) is 9.89. The van der Waals surface area contributed by atoms with E-state index in [2.05, 4.69) is 21.5 Å². The van der Waals surface area contributed by atoms with Gasteiger partial charge in [0.15, 0.2) is 17.3 Å². The topological polar surface area (TPSA) is 89.4 Å². The second-order valence-electron chi connectivity index (χ2n) is 7.65. The molecule has 2 aliphatic heterocycles. The van der Waals surface area contributed by atoms with Gasteiger partial charge in [0.05, 0.1) is 24.8 Å². The van der Waals surface area contributed by atoms with Crippen LogP contribution in [0.15, 0.2) is 36.7 Å². The van der Waals surface area contributed by atoms with Gasteiger partial charge in [-0.3, -0.25) is 9.08 Å². The van der Waals surface area contributed by atoms with E-state index in [4.69, 9.17) is 9.47 Å². The van der Waals surface area contributed by atoms with Crippen molar-refractivity contribution in [1.82, 2.24) is 19.2 Å². The largest absolute Gasteiger partial charge is 0.493 e. The molecule has 6 rings (SSSR count). The fourth-order valence-corrected chi connectivity index (χ4v) is 4.42. The fourth-order valence-electron chi connectivity index (χ4n) is 4.42. The van der Waals surface area contributed by atoms with Crippen LogP contribution >= 0.6 is 0 Å². The smallest absolute Gasteiger partial charge is 0.161 e. The lowest BCUT2D eigenvalue weighted by molar-refractivity contribution is 0.249. The standard InChI is InChI=1S/C22H17FN6O2/c1-28-17(4-5-26-28)14-6-19-22(29-9-13(7-24)27-21(14)29)25-8-15-16(23)2-3-18-20(15)12(10-30-18)11-31-19/h2-6,9,12,25H,8,10-11H2,1H3/t12-/m1/s1. The van der Waals surface area contributed by atoms with Crippen molar-refractivity contribution in [3.63, 3.8) is 0 Å². The first-order valence-electron chi connectivity index (χ1n) is 9.89. The molecule has 5 heterocycles. The number of hydrogen-bond acceptors (Lipinski definition) is 6. The Kier molecular flexibility index (Phi) is 3.71. The summed E-state index contributed by atoms with van der Waals surface area (Å²) in [4.78, 5) is 4.49. The second kappa shape index (κ2) is 6.47. The van der Waals surface area contributed by atoms with E-state index in [1.165, 1.54) is 6.07 Å². The summed E-state index contributed by atoms with van der Waals surface area (Å²) in [6.45, 7) is 1.04. The van der Waals surface area contributed by atoms with Gasteiger partial charge in [0.25, 0.3) is 0 Å². The number of nitrogens with zero attached hydrogens (tertiary/aromatic N) is 5. The molecule has 0 spiro atoms. The molecular weight excluding hydrogens is 399 g/mol. The Labute approximate surface area is 176 Å². The van der Waals surface area contributed by atoms with Crippen LogP contribution in [0.2, 0.25) is 0 Å². The summed E-state index contributed by atoms with van der Waals surface area (Å²) in [6.07, 6.45) is 3.36. The minimum absolute atomic E-state index is 0.0678. The first kappa shape index (κ1) is 17.8. The van der Waals surface area contributed by atoms with Crippen LogP contribution in [-0.4, -0.2) is 32.4 Å². The third kappa shape index (κ3) is 2.58. The molecule has 2 aliphatic rings. The van der Waals surface area contributed by atoms with Crippen LogP contribution in [0.25, 0.3) is 16.9 Å². The maximum atomic E-state index is 14.7. The van der Waals surface area contributed by atoms with Crippen molar-refractivity contribution < 1.29 is 13.9 Å². The van der Waals surface area contributed by atoms with Gasteiger partial charge in [-0.05, 0) is 24.3 Å². The third-order valence-electron chi connectivity index (χ3n) is 5.89. The number of halogens is 1. The van der Waals surface area contributed by atoms with Crippen molar-refractivity contribution in [2.75, 3.05) is 18.5 Å². The quantitative estimate of drug-likeness (QED) is 0.513. The predicted molar refractivity (Wildman–Crippen MR) is 110 cm³/mol. The molecule has 0 amide bonds. The molecular formula is C22H17FN6O2. The Hall–Kier alpha value is -4.06. The fraction of sp³-hybridized carbons (Fsp3) is 0.227. The number of aromatic nitrogens is 4. The summed E-state index contributed by atoms with van der Waals surface area (Å²) >= 11 is 0. The third-order valence-corrected chi connectivity index (χ3v) is 5.89. The van der Waals surface area contributed by atoms with Crippen LogP contribution < -0.4 is 14.8 Å². The number of fused-ring (bicyclic) bond motifs is 3. The summed E-state index contributed by atoms with van der Waals surface area (Å²) in [6, 6.07) is 8.98. The molecule has 0 fully saturated rings. The number of ether oxygens (including phenoxy) is 2. The van der Waals surface area contributed by atoms with Gasteiger partial charge >= 0.3 is 0 Å². The van der Waals surface area contributed by atoms with Crippen molar-refractivity contribution in [2.24, 2.45) is 7.05 Å². The molecule has 0 saturated carbocycles. The lowest BCUT2D eigenvalue weighted by Crippen LogP contribution is -2.13. The van der Waals surface area contributed by atoms with Crippen LogP contribution in [-0.2, 0) is 13.6 Å². The van der Waals surface area contributed by atoms with Crippen molar-refractivity contribution in [3.8, 4) is 28.8 Å².